The molecule has 1 aliphatic rings. The Morgan fingerprint density at radius 3 is 2.75 bits per heavy atom. The second kappa shape index (κ2) is 7.70. The van der Waals surface area contributed by atoms with E-state index in [-0.39, 0.29) is 23.6 Å². The standard InChI is InChI=1S/C18H19N3O3/c22-17(21-14-5-2-1-3-6-14)13-8-9-19-16(11-13)18(23)20-12-15-7-4-10-24-15/h1-3,5-6,8-9,11,15H,4,7,10,12H2,(H,20,23)(H,21,22). The van der Waals surface area contributed by atoms with E-state index >= 15 is 0 Å². The SMILES string of the molecule is O=C(Nc1ccccc1)c1ccnc(C(=O)NCC2CCCO2)c1. The van der Waals surface area contributed by atoms with Gasteiger partial charge in [-0.2, -0.15) is 0 Å². The zero-order valence-electron chi connectivity index (χ0n) is 13.2. The van der Waals surface area contributed by atoms with Crippen LogP contribution in [-0.2, 0) is 4.74 Å². The number of hydrogen-bond acceptors (Lipinski definition) is 4. The molecule has 1 aromatic heterocycles. The van der Waals surface area contributed by atoms with Gasteiger partial charge in [0.1, 0.15) is 5.69 Å². The number of benzene rings is 1. The van der Waals surface area contributed by atoms with Gasteiger partial charge in [0, 0.05) is 30.6 Å². The Morgan fingerprint density at radius 2 is 2.00 bits per heavy atom. The van der Waals surface area contributed by atoms with Crippen LogP contribution < -0.4 is 10.6 Å². The molecule has 2 aromatic rings. The number of nitrogens with one attached hydrogen (secondary N) is 2. The number of rotatable bonds is 5. The van der Waals surface area contributed by atoms with Crippen LogP contribution in [-0.4, -0.2) is 36.1 Å². The zero-order valence-corrected chi connectivity index (χ0v) is 13.2. The van der Waals surface area contributed by atoms with Crippen LogP contribution in [0.5, 0.6) is 0 Å². The molecule has 1 aliphatic heterocycles. The molecule has 2 amide bonds. The molecule has 3 rings (SSSR count). The first kappa shape index (κ1) is 16.1. The number of amides is 2. The van der Waals surface area contributed by atoms with Crippen LogP contribution in [0.4, 0.5) is 5.69 Å². The quantitative estimate of drug-likeness (QED) is 0.883. The lowest BCUT2D eigenvalue weighted by Crippen LogP contribution is -2.32. The third kappa shape index (κ3) is 4.17. The van der Waals surface area contributed by atoms with E-state index in [4.69, 9.17) is 4.74 Å². The second-order valence-corrected chi connectivity index (χ2v) is 5.59. The summed E-state index contributed by atoms with van der Waals surface area (Å²) >= 11 is 0. The van der Waals surface area contributed by atoms with Gasteiger partial charge in [-0.15, -0.1) is 0 Å². The molecule has 6 nitrogen and oxygen atoms in total. The van der Waals surface area contributed by atoms with Crippen LogP contribution in [0.15, 0.2) is 48.7 Å². The molecule has 6 heteroatoms. The maximum atomic E-state index is 12.3. The Labute approximate surface area is 140 Å². The number of pyridine rings is 1. The summed E-state index contributed by atoms with van der Waals surface area (Å²) in [6.45, 7) is 1.20. The highest BCUT2D eigenvalue weighted by atomic mass is 16.5. The molecule has 2 N–H and O–H groups in total. The van der Waals surface area contributed by atoms with Crippen molar-refractivity contribution < 1.29 is 14.3 Å². The molecule has 2 heterocycles. The van der Waals surface area contributed by atoms with E-state index < -0.39 is 0 Å². The van der Waals surface area contributed by atoms with E-state index in [0.717, 1.165) is 19.4 Å². The van der Waals surface area contributed by atoms with E-state index in [1.807, 2.05) is 18.2 Å². The number of ether oxygens (including phenoxy) is 1. The van der Waals surface area contributed by atoms with Gasteiger partial charge in [0.2, 0.25) is 0 Å². The average molecular weight is 325 g/mol. The van der Waals surface area contributed by atoms with Crippen molar-refractivity contribution >= 4 is 17.5 Å². The summed E-state index contributed by atoms with van der Waals surface area (Å²) in [5, 5.41) is 5.58. The number of carbonyl (C=O) groups is 2. The fraction of sp³-hybridized carbons (Fsp3) is 0.278. The number of aromatic nitrogens is 1. The van der Waals surface area contributed by atoms with Crippen LogP contribution in [0.3, 0.4) is 0 Å². The molecular formula is C18H19N3O3. The molecule has 1 saturated heterocycles. The van der Waals surface area contributed by atoms with Crippen molar-refractivity contribution in [2.45, 2.75) is 18.9 Å². The first-order chi connectivity index (χ1) is 11.7. The maximum absolute atomic E-state index is 12.3. The minimum atomic E-state index is -0.306. The third-order valence-electron chi connectivity index (χ3n) is 3.80. The van der Waals surface area contributed by atoms with Gasteiger partial charge in [-0.1, -0.05) is 18.2 Å². The molecule has 0 bridgehead atoms. The lowest BCUT2D eigenvalue weighted by atomic mass is 10.2. The van der Waals surface area contributed by atoms with Crippen molar-refractivity contribution in [1.29, 1.82) is 0 Å². The lowest BCUT2D eigenvalue weighted by Gasteiger charge is -2.11. The Hall–Kier alpha value is -2.73. The predicted molar refractivity (Wildman–Crippen MR) is 89.9 cm³/mol. The highest BCUT2D eigenvalue weighted by molar-refractivity contribution is 6.05. The minimum absolute atomic E-state index is 0.0681. The van der Waals surface area contributed by atoms with Gasteiger partial charge in [-0.05, 0) is 37.1 Å². The highest BCUT2D eigenvalue weighted by Gasteiger charge is 2.17. The van der Waals surface area contributed by atoms with E-state index in [1.54, 1.807) is 18.2 Å². The number of anilines is 1. The molecule has 1 atom stereocenters. The van der Waals surface area contributed by atoms with Gasteiger partial charge in [-0.25, -0.2) is 0 Å². The lowest BCUT2D eigenvalue weighted by molar-refractivity contribution is 0.0853. The van der Waals surface area contributed by atoms with Crippen molar-refractivity contribution in [2.24, 2.45) is 0 Å². The van der Waals surface area contributed by atoms with E-state index in [0.29, 0.717) is 17.8 Å². The van der Waals surface area contributed by atoms with Crippen LogP contribution in [0.25, 0.3) is 0 Å². The number of hydrogen-bond donors (Lipinski definition) is 2. The highest BCUT2D eigenvalue weighted by Crippen LogP contribution is 2.11. The minimum Gasteiger partial charge on any atom is -0.376 e. The maximum Gasteiger partial charge on any atom is 0.269 e. The summed E-state index contributed by atoms with van der Waals surface area (Å²) in [5.41, 5.74) is 1.30. The molecule has 24 heavy (non-hydrogen) atoms. The largest absolute Gasteiger partial charge is 0.376 e. The van der Waals surface area contributed by atoms with E-state index in [1.165, 1.54) is 12.3 Å². The topological polar surface area (TPSA) is 80.3 Å². The summed E-state index contributed by atoms with van der Waals surface area (Å²) < 4.78 is 5.47. The first-order valence-corrected chi connectivity index (χ1v) is 7.94. The first-order valence-electron chi connectivity index (χ1n) is 7.94. The van der Waals surface area contributed by atoms with Crippen LogP contribution in [0.2, 0.25) is 0 Å². The Balaban J connectivity index is 1.62. The van der Waals surface area contributed by atoms with Crippen molar-refractivity contribution in [2.75, 3.05) is 18.5 Å². The van der Waals surface area contributed by atoms with Crippen molar-refractivity contribution in [3.8, 4) is 0 Å². The molecular weight excluding hydrogens is 306 g/mol. The Morgan fingerprint density at radius 1 is 1.17 bits per heavy atom. The van der Waals surface area contributed by atoms with Crippen LogP contribution in [0.1, 0.15) is 33.7 Å². The van der Waals surface area contributed by atoms with Gasteiger partial charge in [0.05, 0.1) is 6.10 Å². The van der Waals surface area contributed by atoms with Gasteiger partial charge >= 0.3 is 0 Å². The molecule has 1 unspecified atom stereocenters. The fourth-order valence-electron chi connectivity index (χ4n) is 2.52. The van der Waals surface area contributed by atoms with Crippen LogP contribution >= 0.6 is 0 Å². The predicted octanol–water partition coefficient (Wildman–Crippen LogP) is 2.24. The van der Waals surface area contributed by atoms with E-state index in [2.05, 4.69) is 15.6 Å². The fourth-order valence-corrected chi connectivity index (χ4v) is 2.52. The smallest absolute Gasteiger partial charge is 0.269 e. The number of carbonyl (C=O) groups excluding carboxylic acids is 2. The van der Waals surface area contributed by atoms with Crippen LogP contribution in [0, 0.1) is 0 Å². The third-order valence-corrected chi connectivity index (χ3v) is 3.80. The normalized spacial score (nSPS) is 16.6. The summed E-state index contributed by atoms with van der Waals surface area (Å²) in [6.07, 6.45) is 3.50. The molecule has 1 fully saturated rings. The Bertz CT molecular complexity index is 712. The van der Waals surface area contributed by atoms with Gasteiger partial charge in [-0.3, -0.25) is 14.6 Å². The summed E-state index contributed by atoms with van der Waals surface area (Å²) in [5.74, 6) is -0.586. The monoisotopic (exact) mass is 325 g/mol. The van der Waals surface area contributed by atoms with Gasteiger partial charge in [0.25, 0.3) is 11.8 Å². The number of para-hydroxylation sites is 1. The van der Waals surface area contributed by atoms with Crippen molar-refractivity contribution in [3.05, 3.63) is 59.9 Å². The van der Waals surface area contributed by atoms with Crippen molar-refractivity contribution in [1.82, 2.24) is 10.3 Å². The summed E-state index contributed by atoms with van der Waals surface area (Å²) in [6, 6.07) is 12.2. The summed E-state index contributed by atoms with van der Waals surface area (Å²) in [4.78, 5) is 28.5. The molecule has 1 aromatic carbocycles. The zero-order chi connectivity index (χ0) is 16.8. The average Bonchev–Trinajstić information content (AvgIpc) is 3.14. The van der Waals surface area contributed by atoms with Gasteiger partial charge in [0.15, 0.2) is 0 Å². The molecule has 0 saturated carbocycles. The molecule has 0 aliphatic carbocycles. The Kier molecular flexibility index (Phi) is 5.18. The van der Waals surface area contributed by atoms with E-state index in [9.17, 15) is 9.59 Å². The van der Waals surface area contributed by atoms with Crippen molar-refractivity contribution in [3.63, 3.8) is 0 Å². The summed E-state index contributed by atoms with van der Waals surface area (Å²) in [7, 11) is 0. The number of nitrogens with zero attached hydrogens (tertiary/aromatic N) is 1. The molecule has 124 valence electrons. The molecule has 0 radical (unpaired) electrons. The van der Waals surface area contributed by atoms with Gasteiger partial charge < -0.3 is 15.4 Å². The second-order valence-electron chi connectivity index (χ2n) is 5.59. The molecule has 0 spiro atoms.